The van der Waals surface area contributed by atoms with Gasteiger partial charge in [-0.25, -0.2) is 0 Å². The fourth-order valence-corrected chi connectivity index (χ4v) is 0.810. The zero-order chi connectivity index (χ0) is 9.07. The molecule has 0 aliphatic carbocycles. The Labute approximate surface area is 68.7 Å². The minimum Gasteiger partial charge on any atom is -0.347 e. The molecule has 11 heavy (non-hydrogen) atoms. The zero-order valence-corrected chi connectivity index (χ0v) is 7.77. The molecule has 64 valence electrons. The Morgan fingerprint density at radius 3 is 2.18 bits per heavy atom. The maximum atomic E-state index is 10.8. The Hall–Kier alpha value is -0.790. The summed E-state index contributed by atoms with van der Waals surface area (Å²) in [5.41, 5.74) is -0.272. The van der Waals surface area contributed by atoms with Gasteiger partial charge in [-0.3, -0.25) is 4.79 Å². The van der Waals surface area contributed by atoms with Crippen LogP contribution in [0.25, 0.3) is 0 Å². The van der Waals surface area contributed by atoms with Crippen LogP contribution in [0.4, 0.5) is 0 Å². The first-order valence-corrected chi connectivity index (χ1v) is 3.84. The molecule has 1 amide bonds. The van der Waals surface area contributed by atoms with E-state index in [0.29, 0.717) is 5.92 Å². The van der Waals surface area contributed by atoms with E-state index in [2.05, 4.69) is 25.7 Å². The van der Waals surface area contributed by atoms with Gasteiger partial charge in [-0.2, -0.15) is 0 Å². The normalized spacial score (nSPS) is 15.7. The predicted molar refractivity (Wildman–Crippen MR) is 47.3 cm³/mol. The molecule has 0 aliphatic rings. The van der Waals surface area contributed by atoms with E-state index in [1.807, 2.05) is 6.92 Å². The summed E-state index contributed by atoms with van der Waals surface area (Å²) in [4.78, 5) is 10.8. The molecule has 0 aromatic carbocycles. The minimum atomic E-state index is -0.272. The van der Waals surface area contributed by atoms with Crippen LogP contribution >= 0.6 is 0 Å². The molecule has 0 heterocycles. The molecule has 0 saturated carbocycles. The van der Waals surface area contributed by atoms with Crippen molar-refractivity contribution in [2.24, 2.45) is 5.92 Å². The van der Waals surface area contributed by atoms with Crippen LogP contribution in [0.15, 0.2) is 12.7 Å². The first-order valence-electron chi connectivity index (χ1n) is 3.84. The standard InChI is InChI=1S/C9H17NO/c1-6-9(5,7(2)3)10-8(4)11/h6-7H,1H2,2-5H3,(H,10,11). The van der Waals surface area contributed by atoms with Crippen LogP contribution < -0.4 is 5.32 Å². The van der Waals surface area contributed by atoms with Crippen molar-refractivity contribution in [2.45, 2.75) is 33.2 Å². The topological polar surface area (TPSA) is 29.1 Å². The van der Waals surface area contributed by atoms with Crippen LogP contribution in [0.5, 0.6) is 0 Å². The van der Waals surface area contributed by atoms with E-state index < -0.39 is 0 Å². The van der Waals surface area contributed by atoms with Gasteiger partial charge in [0.05, 0.1) is 5.54 Å². The Bertz CT molecular complexity index is 163. The van der Waals surface area contributed by atoms with Crippen LogP contribution in [-0.2, 0) is 4.79 Å². The Morgan fingerprint density at radius 1 is 1.64 bits per heavy atom. The molecule has 0 fully saturated rings. The van der Waals surface area contributed by atoms with Crippen LogP contribution in [0.1, 0.15) is 27.7 Å². The van der Waals surface area contributed by atoms with Crippen LogP contribution in [0.2, 0.25) is 0 Å². The first-order chi connectivity index (χ1) is 4.92. The maximum Gasteiger partial charge on any atom is 0.217 e. The highest BCUT2D eigenvalue weighted by atomic mass is 16.1. The van der Waals surface area contributed by atoms with Crippen molar-refractivity contribution in [3.8, 4) is 0 Å². The molecule has 1 N–H and O–H groups in total. The third kappa shape index (κ3) is 2.74. The van der Waals surface area contributed by atoms with Crippen molar-refractivity contribution in [1.82, 2.24) is 5.32 Å². The number of rotatable bonds is 3. The summed E-state index contributed by atoms with van der Waals surface area (Å²) in [6, 6.07) is 0. The van der Waals surface area contributed by atoms with E-state index in [0.717, 1.165) is 0 Å². The molecule has 0 radical (unpaired) electrons. The lowest BCUT2D eigenvalue weighted by Gasteiger charge is -2.30. The Kier molecular flexibility index (Phi) is 3.30. The molecule has 0 aromatic rings. The van der Waals surface area contributed by atoms with Gasteiger partial charge in [-0.05, 0) is 12.8 Å². The lowest BCUT2D eigenvalue weighted by molar-refractivity contribution is -0.120. The number of hydrogen-bond acceptors (Lipinski definition) is 1. The largest absolute Gasteiger partial charge is 0.347 e. The van der Waals surface area contributed by atoms with Gasteiger partial charge in [-0.15, -0.1) is 6.58 Å². The molecule has 2 nitrogen and oxygen atoms in total. The van der Waals surface area contributed by atoms with Crippen LogP contribution in [-0.4, -0.2) is 11.4 Å². The fraction of sp³-hybridized carbons (Fsp3) is 0.667. The summed E-state index contributed by atoms with van der Waals surface area (Å²) in [7, 11) is 0. The van der Waals surface area contributed by atoms with Crippen molar-refractivity contribution in [2.75, 3.05) is 0 Å². The summed E-state index contributed by atoms with van der Waals surface area (Å²) in [5.74, 6) is 0.352. The van der Waals surface area contributed by atoms with Gasteiger partial charge in [0.2, 0.25) is 5.91 Å². The molecule has 0 aromatic heterocycles. The molecule has 0 rings (SSSR count). The van der Waals surface area contributed by atoms with E-state index in [1.165, 1.54) is 6.92 Å². The van der Waals surface area contributed by atoms with Gasteiger partial charge < -0.3 is 5.32 Å². The lowest BCUT2D eigenvalue weighted by Crippen LogP contribution is -2.47. The quantitative estimate of drug-likeness (QED) is 0.618. The summed E-state index contributed by atoms with van der Waals surface area (Å²) in [6.07, 6.45) is 1.78. The number of hydrogen-bond donors (Lipinski definition) is 1. The van der Waals surface area contributed by atoms with E-state index >= 15 is 0 Å². The highest BCUT2D eigenvalue weighted by Gasteiger charge is 2.24. The van der Waals surface area contributed by atoms with E-state index in [-0.39, 0.29) is 11.4 Å². The minimum absolute atomic E-state index is 0.0129. The summed E-state index contributed by atoms with van der Waals surface area (Å²) < 4.78 is 0. The Morgan fingerprint density at radius 2 is 2.09 bits per heavy atom. The fourth-order valence-electron chi connectivity index (χ4n) is 0.810. The summed E-state index contributed by atoms with van der Waals surface area (Å²) in [6.45, 7) is 11.3. The first kappa shape index (κ1) is 10.2. The smallest absolute Gasteiger partial charge is 0.217 e. The number of carbonyl (C=O) groups excluding carboxylic acids is 1. The average Bonchev–Trinajstić information content (AvgIpc) is 1.86. The molecule has 0 spiro atoms. The van der Waals surface area contributed by atoms with E-state index in [4.69, 9.17) is 0 Å². The zero-order valence-electron chi connectivity index (χ0n) is 7.77. The molecule has 1 unspecified atom stereocenters. The number of carbonyl (C=O) groups is 1. The molecule has 0 saturated heterocycles. The molecule has 1 atom stereocenters. The van der Waals surface area contributed by atoms with Gasteiger partial charge in [0.1, 0.15) is 0 Å². The monoisotopic (exact) mass is 155 g/mol. The van der Waals surface area contributed by atoms with E-state index in [1.54, 1.807) is 6.08 Å². The van der Waals surface area contributed by atoms with Gasteiger partial charge in [0, 0.05) is 6.92 Å². The highest BCUT2D eigenvalue weighted by molar-refractivity contribution is 5.74. The van der Waals surface area contributed by atoms with Gasteiger partial charge in [-0.1, -0.05) is 19.9 Å². The molecule has 2 heteroatoms. The molecular weight excluding hydrogens is 138 g/mol. The molecular formula is C9H17NO. The molecule has 0 aliphatic heterocycles. The third-order valence-electron chi connectivity index (χ3n) is 2.07. The average molecular weight is 155 g/mol. The second-order valence-electron chi connectivity index (χ2n) is 3.32. The van der Waals surface area contributed by atoms with Crippen LogP contribution in [0, 0.1) is 5.92 Å². The van der Waals surface area contributed by atoms with Gasteiger partial charge in [0.25, 0.3) is 0 Å². The summed E-state index contributed by atoms with van der Waals surface area (Å²) in [5, 5.41) is 2.85. The number of amides is 1. The Balaban J connectivity index is 4.34. The van der Waals surface area contributed by atoms with Crippen LogP contribution in [0.3, 0.4) is 0 Å². The van der Waals surface area contributed by atoms with Crippen molar-refractivity contribution < 1.29 is 4.79 Å². The lowest BCUT2D eigenvalue weighted by atomic mass is 9.88. The van der Waals surface area contributed by atoms with Gasteiger partial charge >= 0.3 is 0 Å². The van der Waals surface area contributed by atoms with Crippen molar-refractivity contribution in [1.29, 1.82) is 0 Å². The third-order valence-corrected chi connectivity index (χ3v) is 2.07. The van der Waals surface area contributed by atoms with Crippen molar-refractivity contribution in [3.05, 3.63) is 12.7 Å². The predicted octanol–water partition coefficient (Wildman–Crippen LogP) is 1.72. The maximum absolute atomic E-state index is 10.8. The van der Waals surface area contributed by atoms with Crippen molar-refractivity contribution >= 4 is 5.91 Å². The number of nitrogens with one attached hydrogen (secondary N) is 1. The van der Waals surface area contributed by atoms with E-state index in [9.17, 15) is 4.79 Å². The SMILES string of the molecule is C=CC(C)(NC(C)=O)C(C)C. The second kappa shape index (κ2) is 3.56. The van der Waals surface area contributed by atoms with Crippen molar-refractivity contribution in [3.63, 3.8) is 0 Å². The highest BCUT2D eigenvalue weighted by Crippen LogP contribution is 2.16. The second-order valence-corrected chi connectivity index (χ2v) is 3.32. The van der Waals surface area contributed by atoms with Gasteiger partial charge in [0.15, 0.2) is 0 Å². The molecule has 0 bridgehead atoms. The summed E-state index contributed by atoms with van der Waals surface area (Å²) >= 11 is 0.